The van der Waals surface area contributed by atoms with E-state index in [2.05, 4.69) is 52.5 Å². The molecule has 0 spiro atoms. The molecule has 0 radical (unpaired) electrons. The average molecular weight is 491 g/mol. The van der Waals surface area contributed by atoms with E-state index in [4.69, 9.17) is 0 Å². The molecule has 1 atom stereocenters. The van der Waals surface area contributed by atoms with Crippen LogP contribution in [0, 0.1) is 19.8 Å². The van der Waals surface area contributed by atoms with Gasteiger partial charge in [-0.25, -0.2) is 4.98 Å². The van der Waals surface area contributed by atoms with Gasteiger partial charge in [-0.2, -0.15) is 0 Å². The third kappa shape index (κ3) is 8.18. The van der Waals surface area contributed by atoms with Crippen molar-refractivity contribution in [2.75, 3.05) is 26.7 Å². The number of hydrogen-bond acceptors (Lipinski definition) is 4. The van der Waals surface area contributed by atoms with Crippen molar-refractivity contribution in [3.05, 3.63) is 40.9 Å². The zero-order chi connectivity index (χ0) is 18.8. The Morgan fingerprint density at radius 2 is 1.85 bits per heavy atom. The molecule has 0 saturated heterocycles. The first-order valence-electron chi connectivity index (χ1n) is 8.76. The smallest absolute Gasteiger partial charge is 0.191 e. The van der Waals surface area contributed by atoms with Crippen LogP contribution in [-0.2, 0) is 6.54 Å². The average Bonchev–Trinajstić information content (AvgIpc) is 2.88. The van der Waals surface area contributed by atoms with E-state index in [1.165, 1.54) is 4.88 Å². The van der Waals surface area contributed by atoms with Gasteiger partial charge in [0.2, 0.25) is 0 Å². The first kappa shape index (κ1) is 25.1. The molecule has 1 aromatic heterocycles. The summed E-state index contributed by atoms with van der Waals surface area (Å²) in [6, 6.07) is 0.377. The maximum Gasteiger partial charge on any atom is 0.191 e. The number of halogens is 1. The van der Waals surface area contributed by atoms with Crippen LogP contribution in [0.15, 0.2) is 30.3 Å². The Kier molecular flexibility index (Phi) is 12.8. The summed E-state index contributed by atoms with van der Waals surface area (Å²) in [5.41, 5.74) is 1.09. The fourth-order valence-corrected chi connectivity index (χ4v) is 3.66. The van der Waals surface area contributed by atoms with E-state index in [0.29, 0.717) is 12.0 Å². The van der Waals surface area contributed by atoms with Crippen LogP contribution in [0.5, 0.6) is 0 Å². The first-order valence-corrected chi connectivity index (χ1v) is 9.57. The summed E-state index contributed by atoms with van der Waals surface area (Å²) < 4.78 is 0. The van der Waals surface area contributed by atoms with Gasteiger partial charge in [-0.15, -0.1) is 48.5 Å². The molecule has 0 fully saturated rings. The number of hydrogen-bond donors (Lipinski definition) is 2. The van der Waals surface area contributed by atoms with E-state index in [1.54, 1.807) is 18.4 Å². The predicted molar refractivity (Wildman–Crippen MR) is 126 cm³/mol. The Labute approximate surface area is 180 Å². The summed E-state index contributed by atoms with van der Waals surface area (Å²) in [5.74, 6) is 1.32. The van der Waals surface area contributed by atoms with Crippen LogP contribution in [0.1, 0.15) is 29.4 Å². The molecule has 26 heavy (non-hydrogen) atoms. The summed E-state index contributed by atoms with van der Waals surface area (Å²) in [6.45, 7) is 19.6. The molecule has 0 aromatic carbocycles. The highest BCUT2D eigenvalue weighted by atomic mass is 127. The van der Waals surface area contributed by atoms with Gasteiger partial charge in [-0.1, -0.05) is 26.0 Å². The molecule has 0 saturated carbocycles. The Bertz CT molecular complexity index is 572. The predicted octanol–water partition coefficient (Wildman–Crippen LogP) is 3.74. The molecule has 148 valence electrons. The van der Waals surface area contributed by atoms with Crippen molar-refractivity contribution in [2.24, 2.45) is 10.9 Å². The van der Waals surface area contributed by atoms with Gasteiger partial charge in [0.05, 0.1) is 17.2 Å². The highest BCUT2D eigenvalue weighted by molar-refractivity contribution is 14.0. The molecule has 0 aliphatic carbocycles. The minimum absolute atomic E-state index is 0. The number of aliphatic imine (C=N–C) groups is 1. The summed E-state index contributed by atoms with van der Waals surface area (Å²) in [7, 11) is 1.80. The van der Waals surface area contributed by atoms with E-state index in [-0.39, 0.29) is 24.0 Å². The maximum atomic E-state index is 4.47. The van der Waals surface area contributed by atoms with Crippen molar-refractivity contribution in [1.82, 2.24) is 20.5 Å². The van der Waals surface area contributed by atoms with E-state index < -0.39 is 0 Å². The second kappa shape index (κ2) is 13.3. The number of rotatable bonds is 10. The van der Waals surface area contributed by atoms with Crippen molar-refractivity contribution in [3.63, 3.8) is 0 Å². The third-order valence-electron chi connectivity index (χ3n) is 4.08. The van der Waals surface area contributed by atoms with Crippen molar-refractivity contribution in [2.45, 2.75) is 40.3 Å². The van der Waals surface area contributed by atoms with Crippen LogP contribution in [-0.4, -0.2) is 48.6 Å². The highest BCUT2D eigenvalue weighted by Gasteiger charge is 2.20. The quantitative estimate of drug-likeness (QED) is 0.227. The summed E-state index contributed by atoms with van der Waals surface area (Å²) in [5, 5.41) is 7.94. The third-order valence-corrected chi connectivity index (χ3v) is 5.16. The van der Waals surface area contributed by atoms with E-state index in [1.807, 2.05) is 26.0 Å². The minimum Gasteiger partial charge on any atom is -0.355 e. The lowest BCUT2D eigenvalue weighted by Crippen LogP contribution is -2.49. The second-order valence-corrected chi connectivity index (χ2v) is 7.68. The summed E-state index contributed by atoms with van der Waals surface area (Å²) >= 11 is 1.73. The van der Waals surface area contributed by atoms with E-state index >= 15 is 0 Å². The number of guanidine groups is 1. The fourth-order valence-electron chi connectivity index (χ4n) is 2.79. The number of nitrogens with one attached hydrogen (secondary N) is 2. The largest absolute Gasteiger partial charge is 0.355 e. The molecule has 5 nitrogen and oxygen atoms in total. The van der Waals surface area contributed by atoms with E-state index in [9.17, 15) is 0 Å². The molecule has 0 aliphatic rings. The first-order chi connectivity index (χ1) is 11.9. The summed E-state index contributed by atoms with van der Waals surface area (Å²) in [6.07, 6.45) is 3.89. The van der Waals surface area contributed by atoms with Crippen LogP contribution in [0.25, 0.3) is 0 Å². The summed E-state index contributed by atoms with van der Waals surface area (Å²) in [4.78, 5) is 12.4. The Hall–Kier alpha value is -0.930. The lowest BCUT2D eigenvalue weighted by molar-refractivity contribution is 0.190. The SMILES string of the molecule is C=CCN(CC=C)C(CNC(=NC)NCc1sc(C)nc1C)C(C)C.I. The number of thiazole rings is 1. The Balaban J connectivity index is 0.00000625. The number of aryl methyl sites for hydroxylation is 2. The van der Waals surface area contributed by atoms with Gasteiger partial charge < -0.3 is 10.6 Å². The zero-order valence-electron chi connectivity index (χ0n) is 16.7. The molecule has 0 aliphatic heterocycles. The van der Waals surface area contributed by atoms with Crippen LogP contribution in [0.3, 0.4) is 0 Å². The monoisotopic (exact) mass is 491 g/mol. The molecule has 7 heteroatoms. The molecule has 1 rings (SSSR count). The van der Waals surface area contributed by atoms with Crippen LogP contribution in [0.2, 0.25) is 0 Å². The number of aromatic nitrogens is 1. The maximum absolute atomic E-state index is 4.47. The van der Waals surface area contributed by atoms with Gasteiger partial charge in [0, 0.05) is 37.6 Å². The molecule has 0 bridgehead atoms. The lowest BCUT2D eigenvalue weighted by Gasteiger charge is -2.33. The van der Waals surface area contributed by atoms with Crippen molar-refractivity contribution in [1.29, 1.82) is 0 Å². The molecule has 1 unspecified atom stereocenters. The van der Waals surface area contributed by atoms with Crippen LogP contribution < -0.4 is 10.6 Å². The second-order valence-electron chi connectivity index (χ2n) is 6.39. The fraction of sp³-hybridized carbons (Fsp3) is 0.579. The van der Waals surface area contributed by atoms with E-state index in [0.717, 1.165) is 42.8 Å². The molecular weight excluding hydrogens is 457 g/mol. The van der Waals surface area contributed by atoms with Crippen LogP contribution >= 0.6 is 35.3 Å². The van der Waals surface area contributed by atoms with Crippen molar-refractivity contribution < 1.29 is 0 Å². The molecule has 1 heterocycles. The Morgan fingerprint density at radius 1 is 1.23 bits per heavy atom. The standard InChI is InChI=1S/C19H33N5S.HI/c1-8-10-24(11-9-2)17(14(3)4)12-21-19(20-7)22-13-18-15(5)23-16(6)25-18;/h8-9,14,17H,1-2,10-13H2,3-7H3,(H2,20,21,22);1H. The van der Waals surface area contributed by atoms with Crippen molar-refractivity contribution in [3.8, 4) is 0 Å². The van der Waals surface area contributed by atoms with Gasteiger partial charge in [0.1, 0.15) is 0 Å². The van der Waals surface area contributed by atoms with Gasteiger partial charge in [0.25, 0.3) is 0 Å². The van der Waals surface area contributed by atoms with Gasteiger partial charge in [-0.05, 0) is 19.8 Å². The van der Waals surface area contributed by atoms with Gasteiger partial charge in [-0.3, -0.25) is 9.89 Å². The molecule has 2 N–H and O–H groups in total. The zero-order valence-corrected chi connectivity index (χ0v) is 19.9. The number of nitrogens with zero attached hydrogens (tertiary/aromatic N) is 3. The topological polar surface area (TPSA) is 52.5 Å². The molecule has 0 amide bonds. The Morgan fingerprint density at radius 3 is 2.27 bits per heavy atom. The van der Waals surface area contributed by atoms with Crippen molar-refractivity contribution >= 4 is 41.3 Å². The normalized spacial score (nSPS) is 12.7. The molecule has 1 aromatic rings. The minimum atomic E-state index is 0. The van der Waals surface area contributed by atoms with Gasteiger partial charge in [0.15, 0.2) is 5.96 Å². The van der Waals surface area contributed by atoms with Gasteiger partial charge >= 0.3 is 0 Å². The lowest BCUT2D eigenvalue weighted by atomic mass is 10.0. The highest BCUT2D eigenvalue weighted by Crippen LogP contribution is 2.16. The van der Waals surface area contributed by atoms with Crippen LogP contribution in [0.4, 0.5) is 0 Å². The molecular formula is C19H34IN5S.